The molecule has 0 saturated heterocycles. The standard InChI is InChI=1S/C12H12BrN3O2/c1-16-7-14-6-10(16)11(12(17)18)15-9-4-2-8(13)3-5-9/h2-7,11,15H,1H3,(H,17,18). The second kappa shape index (κ2) is 5.22. The molecule has 0 radical (unpaired) electrons. The Labute approximate surface area is 113 Å². The highest BCUT2D eigenvalue weighted by molar-refractivity contribution is 9.10. The Morgan fingerprint density at radius 1 is 1.44 bits per heavy atom. The number of benzene rings is 1. The van der Waals surface area contributed by atoms with Crippen LogP contribution in [0.15, 0.2) is 41.3 Å². The van der Waals surface area contributed by atoms with Crippen LogP contribution in [0.4, 0.5) is 5.69 Å². The maximum absolute atomic E-state index is 11.3. The van der Waals surface area contributed by atoms with Gasteiger partial charge in [0.25, 0.3) is 0 Å². The molecular weight excluding hydrogens is 298 g/mol. The summed E-state index contributed by atoms with van der Waals surface area (Å²) in [5.41, 5.74) is 1.34. The van der Waals surface area contributed by atoms with Crippen molar-refractivity contribution in [3.05, 3.63) is 47.0 Å². The van der Waals surface area contributed by atoms with Gasteiger partial charge in [-0.05, 0) is 24.3 Å². The molecule has 1 aromatic heterocycles. The molecule has 2 aromatic rings. The van der Waals surface area contributed by atoms with Gasteiger partial charge in [-0.25, -0.2) is 9.78 Å². The number of carboxylic acids is 1. The second-order valence-electron chi connectivity index (χ2n) is 3.85. The van der Waals surface area contributed by atoms with Gasteiger partial charge >= 0.3 is 5.97 Å². The number of halogens is 1. The summed E-state index contributed by atoms with van der Waals surface area (Å²) in [6, 6.07) is 6.51. The van der Waals surface area contributed by atoms with E-state index in [9.17, 15) is 9.90 Å². The molecular formula is C12H12BrN3O2. The number of anilines is 1. The first kappa shape index (κ1) is 12.6. The SMILES string of the molecule is Cn1cncc1C(Nc1ccc(Br)cc1)C(=O)O. The number of carboxylic acid groups (broad SMARTS) is 1. The highest BCUT2D eigenvalue weighted by atomic mass is 79.9. The second-order valence-corrected chi connectivity index (χ2v) is 4.77. The van der Waals surface area contributed by atoms with Crippen molar-refractivity contribution in [3.63, 3.8) is 0 Å². The zero-order valence-electron chi connectivity index (χ0n) is 9.67. The normalized spacial score (nSPS) is 12.1. The molecule has 0 fully saturated rings. The molecule has 1 aromatic carbocycles. The molecule has 1 atom stereocenters. The van der Waals surface area contributed by atoms with Gasteiger partial charge in [0.1, 0.15) is 0 Å². The third-order valence-corrected chi connectivity index (χ3v) is 3.08. The van der Waals surface area contributed by atoms with E-state index >= 15 is 0 Å². The van der Waals surface area contributed by atoms with E-state index in [4.69, 9.17) is 0 Å². The molecule has 18 heavy (non-hydrogen) atoms. The number of aromatic nitrogens is 2. The van der Waals surface area contributed by atoms with Crippen molar-refractivity contribution in [1.29, 1.82) is 0 Å². The Bertz CT molecular complexity index is 551. The highest BCUT2D eigenvalue weighted by Gasteiger charge is 2.22. The van der Waals surface area contributed by atoms with Crippen molar-refractivity contribution in [2.24, 2.45) is 7.05 Å². The molecule has 2 rings (SSSR count). The largest absolute Gasteiger partial charge is 0.479 e. The van der Waals surface area contributed by atoms with Crippen molar-refractivity contribution >= 4 is 27.6 Å². The van der Waals surface area contributed by atoms with E-state index in [2.05, 4.69) is 26.2 Å². The van der Waals surface area contributed by atoms with E-state index in [1.807, 2.05) is 24.3 Å². The van der Waals surface area contributed by atoms with Crippen molar-refractivity contribution in [2.45, 2.75) is 6.04 Å². The number of carbonyl (C=O) groups is 1. The average molecular weight is 310 g/mol. The summed E-state index contributed by atoms with van der Waals surface area (Å²) < 4.78 is 2.63. The van der Waals surface area contributed by atoms with Crippen LogP contribution in [0.1, 0.15) is 11.7 Å². The predicted molar refractivity (Wildman–Crippen MR) is 71.3 cm³/mol. The van der Waals surface area contributed by atoms with Crippen LogP contribution in [0.2, 0.25) is 0 Å². The molecule has 0 saturated carbocycles. The first-order valence-electron chi connectivity index (χ1n) is 5.29. The Balaban J connectivity index is 2.25. The third-order valence-electron chi connectivity index (χ3n) is 2.55. The fourth-order valence-electron chi connectivity index (χ4n) is 1.62. The van der Waals surface area contributed by atoms with Gasteiger partial charge in [-0.3, -0.25) is 0 Å². The zero-order valence-corrected chi connectivity index (χ0v) is 11.3. The molecule has 1 unspecified atom stereocenters. The molecule has 6 heteroatoms. The van der Waals surface area contributed by atoms with Crippen LogP contribution >= 0.6 is 15.9 Å². The molecule has 0 aliphatic heterocycles. The van der Waals surface area contributed by atoms with Gasteiger partial charge in [0.05, 0.1) is 18.2 Å². The van der Waals surface area contributed by atoms with Crippen molar-refractivity contribution in [2.75, 3.05) is 5.32 Å². The quantitative estimate of drug-likeness (QED) is 0.910. The molecule has 94 valence electrons. The number of aryl methyl sites for hydroxylation is 1. The Morgan fingerprint density at radius 3 is 2.61 bits per heavy atom. The van der Waals surface area contributed by atoms with Gasteiger partial charge in [-0.2, -0.15) is 0 Å². The molecule has 0 amide bonds. The smallest absolute Gasteiger partial charge is 0.332 e. The maximum atomic E-state index is 11.3. The van der Waals surface area contributed by atoms with Gasteiger partial charge in [0, 0.05) is 17.2 Å². The summed E-state index contributed by atoms with van der Waals surface area (Å²) in [4.78, 5) is 15.2. The molecule has 1 heterocycles. The van der Waals surface area contributed by atoms with Crippen LogP contribution in [0, 0.1) is 0 Å². The van der Waals surface area contributed by atoms with Gasteiger partial charge < -0.3 is 15.0 Å². The summed E-state index contributed by atoms with van der Waals surface area (Å²) in [7, 11) is 1.77. The van der Waals surface area contributed by atoms with Gasteiger partial charge in [0.15, 0.2) is 6.04 Å². The fourth-order valence-corrected chi connectivity index (χ4v) is 1.88. The fraction of sp³-hybridized carbons (Fsp3) is 0.167. The molecule has 0 bridgehead atoms. The molecule has 0 aliphatic carbocycles. The summed E-state index contributed by atoms with van der Waals surface area (Å²) in [5.74, 6) is -0.943. The van der Waals surface area contributed by atoms with Gasteiger partial charge in [-0.1, -0.05) is 15.9 Å². The average Bonchev–Trinajstić information content (AvgIpc) is 2.74. The number of aliphatic carboxylic acids is 1. The first-order valence-corrected chi connectivity index (χ1v) is 6.08. The van der Waals surface area contributed by atoms with E-state index in [-0.39, 0.29) is 0 Å². The van der Waals surface area contributed by atoms with Crippen LogP contribution in [-0.2, 0) is 11.8 Å². The van der Waals surface area contributed by atoms with Crippen molar-refractivity contribution in [3.8, 4) is 0 Å². The predicted octanol–water partition coefficient (Wildman–Crippen LogP) is 2.42. The summed E-state index contributed by atoms with van der Waals surface area (Å²) in [6.45, 7) is 0. The minimum Gasteiger partial charge on any atom is -0.479 e. The number of rotatable bonds is 4. The molecule has 0 spiro atoms. The van der Waals surface area contributed by atoms with Crippen LogP contribution in [0.3, 0.4) is 0 Å². The zero-order chi connectivity index (χ0) is 13.1. The third kappa shape index (κ3) is 2.70. The first-order chi connectivity index (χ1) is 8.58. The Morgan fingerprint density at radius 2 is 2.11 bits per heavy atom. The van der Waals surface area contributed by atoms with E-state index in [0.717, 1.165) is 10.2 Å². The molecule has 5 nitrogen and oxygen atoms in total. The van der Waals surface area contributed by atoms with Crippen molar-refractivity contribution < 1.29 is 9.90 Å². The number of hydrogen-bond acceptors (Lipinski definition) is 3. The minimum absolute atomic E-state index is 0.602. The lowest BCUT2D eigenvalue weighted by molar-refractivity contribution is -0.138. The monoisotopic (exact) mass is 309 g/mol. The van der Waals surface area contributed by atoms with E-state index in [1.54, 1.807) is 24.1 Å². The number of nitrogens with one attached hydrogen (secondary N) is 1. The van der Waals surface area contributed by atoms with Crippen molar-refractivity contribution in [1.82, 2.24) is 9.55 Å². The summed E-state index contributed by atoms with van der Waals surface area (Å²) in [6.07, 6.45) is 3.12. The number of imidazole rings is 1. The number of nitrogens with zero attached hydrogens (tertiary/aromatic N) is 2. The topological polar surface area (TPSA) is 67.2 Å². The molecule has 2 N–H and O–H groups in total. The Hall–Kier alpha value is -1.82. The summed E-state index contributed by atoms with van der Waals surface area (Å²) >= 11 is 3.33. The number of hydrogen-bond donors (Lipinski definition) is 2. The Kier molecular flexibility index (Phi) is 3.66. The van der Waals surface area contributed by atoms with Crippen LogP contribution in [-0.4, -0.2) is 20.6 Å². The minimum atomic E-state index is -0.943. The lowest BCUT2D eigenvalue weighted by atomic mass is 10.2. The van der Waals surface area contributed by atoms with Crippen LogP contribution in [0.5, 0.6) is 0 Å². The van der Waals surface area contributed by atoms with E-state index in [1.165, 1.54) is 0 Å². The lowest BCUT2D eigenvalue weighted by Crippen LogP contribution is -2.22. The summed E-state index contributed by atoms with van der Waals surface area (Å²) in [5, 5.41) is 12.2. The van der Waals surface area contributed by atoms with Crippen LogP contribution in [0.25, 0.3) is 0 Å². The maximum Gasteiger partial charge on any atom is 0.332 e. The van der Waals surface area contributed by atoms with E-state index < -0.39 is 12.0 Å². The van der Waals surface area contributed by atoms with E-state index in [0.29, 0.717) is 5.69 Å². The molecule has 0 aliphatic rings. The van der Waals surface area contributed by atoms with Crippen LogP contribution < -0.4 is 5.32 Å². The van der Waals surface area contributed by atoms with Gasteiger partial charge in [-0.15, -0.1) is 0 Å². The highest BCUT2D eigenvalue weighted by Crippen LogP contribution is 2.21. The van der Waals surface area contributed by atoms with Gasteiger partial charge in [0.2, 0.25) is 0 Å². The lowest BCUT2D eigenvalue weighted by Gasteiger charge is -2.16.